The molecule has 0 aromatic heterocycles. The molecule has 2 N–H and O–H groups in total. The van der Waals surface area contributed by atoms with E-state index in [-0.39, 0.29) is 17.5 Å². The van der Waals surface area contributed by atoms with Crippen LogP contribution in [0.1, 0.15) is 19.4 Å². The molecule has 1 aliphatic heterocycles. The molecule has 0 saturated carbocycles. The summed E-state index contributed by atoms with van der Waals surface area (Å²) in [4.78, 5) is 16.6. The van der Waals surface area contributed by atoms with Gasteiger partial charge in [0.2, 0.25) is 5.91 Å². The zero-order valence-corrected chi connectivity index (χ0v) is 12.2. The lowest BCUT2D eigenvalue weighted by molar-refractivity contribution is -0.127. The van der Waals surface area contributed by atoms with Crippen molar-refractivity contribution in [3.8, 4) is 0 Å². The number of hydrogen-bond donors (Lipinski definition) is 1. The van der Waals surface area contributed by atoms with Gasteiger partial charge in [-0.25, -0.2) is 0 Å². The smallest absolute Gasteiger partial charge is 0.246 e. The van der Waals surface area contributed by atoms with Crippen LogP contribution in [0.25, 0.3) is 0 Å². The number of nitrogens with two attached hydrogens (primary N) is 1. The zero-order chi connectivity index (χ0) is 14.2. The molecular formula is C15H23N3O. The van der Waals surface area contributed by atoms with Gasteiger partial charge in [-0.1, -0.05) is 12.1 Å². The highest BCUT2D eigenvalue weighted by Crippen LogP contribution is 2.30. The Hall–Kier alpha value is -1.39. The number of likely N-dealkylation sites (N-methyl/N-ethyl adjacent to an activating group) is 1. The second-order valence-electron chi connectivity index (χ2n) is 5.99. The largest absolute Gasteiger partial charge is 0.328 e. The fraction of sp³-hybridized carbons (Fsp3) is 0.533. The average molecular weight is 261 g/mol. The van der Waals surface area contributed by atoms with Crippen LogP contribution in [0.3, 0.4) is 0 Å². The second kappa shape index (κ2) is 4.94. The molecule has 1 fully saturated rings. The molecule has 2 rings (SSSR count). The molecule has 1 aromatic carbocycles. The number of nitrogens with zero attached hydrogens (tertiary/aromatic N) is 2. The monoisotopic (exact) mass is 261 g/mol. The highest BCUT2D eigenvalue weighted by molar-refractivity contribution is 5.99. The minimum Gasteiger partial charge on any atom is -0.328 e. The van der Waals surface area contributed by atoms with Gasteiger partial charge in [0.05, 0.1) is 5.54 Å². The molecule has 1 unspecified atom stereocenters. The molecule has 1 aliphatic rings. The SMILES string of the molecule is Cc1cccc(N2C(=O)C(CN)N(C)CC2(C)C)c1. The number of benzene rings is 1. The van der Waals surface area contributed by atoms with Crippen molar-refractivity contribution < 1.29 is 4.79 Å². The number of anilines is 1. The summed E-state index contributed by atoms with van der Waals surface area (Å²) in [6.45, 7) is 7.40. The Morgan fingerprint density at radius 1 is 1.42 bits per heavy atom. The third kappa shape index (κ3) is 2.51. The Morgan fingerprint density at radius 2 is 2.11 bits per heavy atom. The van der Waals surface area contributed by atoms with Gasteiger partial charge in [-0.2, -0.15) is 0 Å². The first-order chi connectivity index (χ1) is 8.86. The highest BCUT2D eigenvalue weighted by Gasteiger charge is 2.43. The van der Waals surface area contributed by atoms with Crippen molar-refractivity contribution in [1.82, 2.24) is 4.90 Å². The van der Waals surface area contributed by atoms with Crippen LogP contribution in [0.5, 0.6) is 0 Å². The van der Waals surface area contributed by atoms with Gasteiger partial charge >= 0.3 is 0 Å². The molecule has 1 aromatic rings. The maximum atomic E-state index is 12.7. The molecule has 104 valence electrons. The Morgan fingerprint density at radius 3 is 2.68 bits per heavy atom. The van der Waals surface area contributed by atoms with E-state index in [4.69, 9.17) is 5.73 Å². The molecule has 4 heteroatoms. The first kappa shape index (κ1) is 14.0. The Bertz CT molecular complexity index is 484. The van der Waals surface area contributed by atoms with Gasteiger partial charge in [0.25, 0.3) is 0 Å². The number of carbonyl (C=O) groups excluding carboxylic acids is 1. The van der Waals surface area contributed by atoms with Gasteiger partial charge in [0, 0.05) is 18.8 Å². The summed E-state index contributed by atoms with van der Waals surface area (Å²) in [5.41, 5.74) is 7.64. The van der Waals surface area contributed by atoms with E-state index in [1.807, 2.05) is 37.1 Å². The van der Waals surface area contributed by atoms with E-state index in [9.17, 15) is 4.79 Å². The van der Waals surface area contributed by atoms with Gasteiger partial charge in [0.15, 0.2) is 0 Å². The molecule has 1 heterocycles. The third-order valence-electron chi connectivity index (χ3n) is 3.76. The molecule has 0 spiro atoms. The van der Waals surface area contributed by atoms with Crippen LogP contribution in [0.2, 0.25) is 0 Å². The lowest BCUT2D eigenvalue weighted by atomic mass is 9.94. The van der Waals surface area contributed by atoms with Crippen LogP contribution in [0.15, 0.2) is 24.3 Å². The van der Waals surface area contributed by atoms with Gasteiger partial charge < -0.3 is 10.6 Å². The predicted octanol–water partition coefficient (Wildman–Crippen LogP) is 1.38. The van der Waals surface area contributed by atoms with Crippen molar-refractivity contribution >= 4 is 11.6 Å². The summed E-state index contributed by atoms with van der Waals surface area (Å²) in [6, 6.07) is 7.85. The lowest BCUT2D eigenvalue weighted by Gasteiger charge is -2.49. The van der Waals surface area contributed by atoms with Gasteiger partial charge in [-0.15, -0.1) is 0 Å². The summed E-state index contributed by atoms with van der Waals surface area (Å²) in [7, 11) is 1.96. The maximum Gasteiger partial charge on any atom is 0.246 e. The molecular weight excluding hydrogens is 238 g/mol. The molecule has 0 bridgehead atoms. The van der Waals surface area contributed by atoms with Crippen LogP contribution in [0, 0.1) is 6.92 Å². The molecule has 4 nitrogen and oxygen atoms in total. The van der Waals surface area contributed by atoms with E-state index < -0.39 is 0 Å². The predicted molar refractivity (Wildman–Crippen MR) is 78.2 cm³/mol. The van der Waals surface area contributed by atoms with Gasteiger partial charge in [0.1, 0.15) is 6.04 Å². The minimum atomic E-state index is -0.231. The first-order valence-corrected chi connectivity index (χ1v) is 6.68. The van der Waals surface area contributed by atoms with Crippen molar-refractivity contribution in [1.29, 1.82) is 0 Å². The first-order valence-electron chi connectivity index (χ1n) is 6.68. The van der Waals surface area contributed by atoms with Gasteiger partial charge in [-0.3, -0.25) is 9.69 Å². The summed E-state index contributed by atoms with van der Waals surface area (Å²) < 4.78 is 0. The second-order valence-corrected chi connectivity index (χ2v) is 5.99. The minimum absolute atomic E-state index is 0.0897. The normalized spacial score (nSPS) is 23.7. The van der Waals surface area contributed by atoms with Crippen LogP contribution in [-0.2, 0) is 4.79 Å². The fourth-order valence-corrected chi connectivity index (χ4v) is 2.95. The van der Waals surface area contributed by atoms with Crippen LogP contribution >= 0.6 is 0 Å². The maximum absolute atomic E-state index is 12.7. The van der Waals surface area contributed by atoms with Crippen molar-refractivity contribution in [2.45, 2.75) is 32.4 Å². The van der Waals surface area contributed by atoms with Crippen molar-refractivity contribution in [2.75, 3.05) is 25.0 Å². The Labute approximate surface area is 115 Å². The van der Waals surface area contributed by atoms with E-state index in [0.29, 0.717) is 6.54 Å². The molecule has 19 heavy (non-hydrogen) atoms. The summed E-state index contributed by atoms with van der Waals surface area (Å²) in [5.74, 6) is 0.0897. The number of rotatable bonds is 2. The fourth-order valence-electron chi connectivity index (χ4n) is 2.95. The summed E-state index contributed by atoms with van der Waals surface area (Å²) >= 11 is 0. The molecule has 0 radical (unpaired) electrons. The third-order valence-corrected chi connectivity index (χ3v) is 3.76. The van der Waals surface area contributed by atoms with E-state index in [1.165, 1.54) is 0 Å². The van der Waals surface area contributed by atoms with E-state index in [2.05, 4.69) is 24.8 Å². The summed E-state index contributed by atoms with van der Waals surface area (Å²) in [5, 5.41) is 0. The quantitative estimate of drug-likeness (QED) is 0.875. The summed E-state index contributed by atoms with van der Waals surface area (Å²) in [6.07, 6.45) is 0. The number of aryl methyl sites for hydroxylation is 1. The van der Waals surface area contributed by atoms with E-state index >= 15 is 0 Å². The van der Waals surface area contributed by atoms with Crippen molar-refractivity contribution in [3.63, 3.8) is 0 Å². The highest BCUT2D eigenvalue weighted by atomic mass is 16.2. The number of piperazine rings is 1. The molecule has 0 aliphatic carbocycles. The Kier molecular flexibility index (Phi) is 3.65. The molecule has 1 saturated heterocycles. The standard InChI is InChI=1S/C15H23N3O/c1-11-6-5-7-12(8-11)18-14(19)13(9-16)17(4)10-15(18,2)3/h5-8,13H,9-10,16H2,1-4H3. The van der Waals surface area contributed by atoms with E-state index in [1.54, 1.807) is 0 Å². The van der Waals surface area contributed by atoms with Crippen LogP contribution in [0.4, 0.5) is 5.69 Å². The number of carbonyl (C=O) groups is 1. The average Bonchev–Trinajstić information content (AvgIpc) is 2.27. The molecule has 1 amide bonds. The zero-order valence-electron chi connectivity index (χ0n) is 12.2. The van der Waals surface area contributed by atoms with Crippen LogP contribution < -0.4 is 10.6 Å². The van der Waals surface area contributed by atoms with Crippen molar-refractivity contribution in [3.05, 3.63) is 29.8 Å². The van der Waals surface area contributed by atoms with Crippen molar-refractivity contribution in [2.24, 2.45) is 5.73 Å². The number of hydrogen-bond acceptors (Lipinski definition) is 3. The van der Waals surface area contributed by atoms with E-state index in [0.717, 1.165) is 17.8 Å². The van der Waals surface area contributed by atoms with Gasteiger partial charge in [-0.05, 0) is 45.5 Å². The number of amides is 1. The van der Waals surface area contributed by atoms with Crippen LogP contribution in [-0.4, -0.2) is 42.5 Å². The Balaban J connectivity index is 2.43. The topological polar surface area (TPSA) is 49.6 Å². The lowest BCUT2D eigenvalue weighted by Crippen LogP contribution is -2.67. The molecule has 1 atom stereocenters.